The molecule has 25 heavy (non-hydrogen) atoms. The second-order valence-corrected chi connectivity index (χ2v) is 5.88. The van der Waals surface area contributed by atoms with Crippen LogP contribution in [-0.2, 0) is 16.2 Å². The maximum atomic E-state index is 12.2. The van der Waals surface area contributed by atoms with E-state index in [-0.39, 0.29) is 5.91 Å². The van der Waals surface area contributed by atoms with Gasteiger partial charge in [0.1, 0.15) is 5.75 Å². The highest BCUT2D eigenvalue weighted by Crippen LogP contribution is 2.24. The van der Waals surface area contributed by atoms with Gasteiger partial charge in [0.2, 0.25) is 6.10 Å². The molecule has 0 aliphatic carbocycles. The Morgan fingerprint density at radius 1 is 1.40 bits per heavy atom. The van der Waals surface area contributed by atoms with Crippen molar-refractivity contribution in [3.05, 3.63) is 47.8 Å². The van der Waals surface area contributed by atoms with Crippen LogP contribution in [0.3, 0.4) is 0 Å². The molecule has 1 aliphatic heterocycles. The summed E-state index contributed by atoms with van der Waals surface area (Å²) in [5.74, 6) is 0.575. The molecule has 0 bridgehead atoms. The zero-order chi connectivity index (χ0) is 17.6. The number of benzene rings is 1. The Labute approximate surface area is 146 Å². The van der Waals surface area contributed by atoms with Crippen molar-refractivity contribution in [3.8, 4) is 5.75 Å². The summed E-state index contributed by atoms with van der Waals surface area (Å²) in [6.45, 7) is 3.35. The number of aromatic nitrogens is 2. The average molecular weight is 342 g/mol. The number of amides is 1. The fourth-order valence-corrected chi connectivity index (χ4v) is 2.75. The number of oxime groups is 1. The van der Waals surface area contributed by atoms with Gasteiger partial charge in [0.15, 0.2) is 0 Å². The van der Waals surface area contributed by atoms with Crippen LogP contribution in [0, 0.1) is 6.92 Å². The van der Waals surface area contributed by atoms with Crippen LogP contribution in [0.5, 0.6) is 5.75 Å². The molecule has 0 fully saturated rings. The molecule has 2 heterocycles. The van der Waals surface area contributed by atoms with Crippen molar-refractivity contribution in [2.45, 2.75) is 32.4 Å². The van der Waals surface area contributed by atoms with Crippen LogP contribution in [0.4, 0.5) is 0 Å². The predicted octanol–water partition coefficient (Wildman–Crippen LogP) is 1.90. The van der Waals surface area contributed by atoms with Crippen LogP contribution in [0.1, 0.15) is 24.1 Å². The number of ether oxygens (including phenoxy) is 1. The molecule has 1 unspecified atom stereocenters. The summed E-state index contributed by atoms with van der Waals surface area (Å²) in [4.78, 5) is 17.5. The third-order valence-corrected chi connectivity index (χ3v) is 4.15. The van der Waals surface area contributed by atoms with Crippen molar-refractivity contribution in [3.63, 3.8) is 0 Å². The number of hydrogen-bond acceptors (Lipinski definition) is 5. The van der Waals surface area contributed by atoms with Gasteiger partial charge < -0.3 is 14.9 Å². The molecule has 1 aliphatic rings. The number of nitrogens with one attached hydrogen (secondary N) is 1. The normalized spacial score (nSPS) is 16.2. The summed E-state index contributed by atoms with van der Waals surface area (Å²) < 4.78 is 7.25. The molecule has 0 spiro atoms. The Balaban J connectivity index is 1.46. The van der Waals surface area contributed by atoms with E-state index in [4.69, 9.17) is 9.57 Å². The Morgan fingerprint density at radius 2 is 2.24 bits per heavy atom. The predicted molar refractivity (Wildman–Crippen MR) is 93.6 cm³/mol. The van der Waals surface area contributed by atoms with E-state index in [2.05, 4.69) is 15.6 Å². The van der Waals surface area contributed by atoms with Gasteiger partial charge in [0.05, 0.1) is 12.8 Å². The lowest BCUT2D eigenvalue weighted by atomic mass is 10.0. The molecule has 3 rings (SSSR count). The Bertz CT molecular complexity index is 769. The minimum atomic E-state index is -0.591. The van der Waals surface area contributed by atoms with Gasteiger partial charge in [0.25, 0.3) is 5.91 Å². The van der Waals surface area contributed by atoms with E-state index in [0.29, 0.717) is 13.0 Å². The first-order valence-electron chi connectivity index (χ1n) is 8.31. The van der Waals surface area contributed by atoms with Crippen molar-refractivity contribution in [2.75, 3.05) is 13.7 Å². The smallest absolute Gasteiger partial charge is 0.264 e. The number of rotatable bonds is 7. The van der Waals surface area contributed by atoms with Crippen molar-refractivity contribution >= 4 is 11.6 Å². The summed E-state index contributed by atoms with van der Waals surface area (Å²) in [6, 6.07) is 9.53. The van der Waals surface area contributed by atoms with Gasteiger partial charge in [-0.05, 0) is 31.5 Å². The van der Waals surface area contributed by atoms with Crippen molar-refractivity contribution < 1.29 is 14.4 Å². The van der Waals surface area contributed by atoms with Gasteiger partial charge in [-0.15, -0.1) is 0 Å². The highest BCUT2D eigenvalue weighted by molar-refractivity contribution is 6.05. The summed E-state index contributed by atoms with van der Waals surface area (Å²) in [5, 5.41) is 11.2. The second kappa shape index (κ2) is 7.83. The van der Waals surface area contributed by atoms with Gasteiger partial charge in [-0.3, -0.25) is 9.48 Å². The highest BCUT2D eigenvalue weighted by atomic mass is 16.6. The van der Waals surface area contributed by atoms with E-state index in [9.17, 15) is 4.79 Å². The van der Waals surface area contributed by atoms with E-state index < -0.39 is 6.10 Å². The SMILES string of the molecule is COc1ccccc1C1=NOC(C(=O)NCCCn2nccc2C)C1. The van der Waals surface area contributed by atoms with Crippen molar-refractivity contribution in [1.29, 1.82) is 0 Å². The fourth-order valence-electron chi connectivity index (χ4n) is 2.75. The first-order valence-corrected chi connectivity index (χ1v) is 8.31. The minimum Gasteiger partial charge on any atom is -0.496 e. The maximum absolute atomic E-state index is 12.2. The standard InChI is InChI=1S/C18H22N4O3/c1-13-8-10-20-22(13)11-5-9-19-18(23)17-12-15(21-25-17)14-6-3-4-7-16(14)24-2/h3-4,6-8,10,17H,5,9,11-12H2,1-2H3,(H,19,23). The number of hydrogen-bond donors (Lipinski definition) is 1. The van der Waals surface area contributed by atoms with Gasteiger partial charge in [-0.1, -0.05) is 17.3 Å². The Hall–Kier alpha value is -2.83. The molecule has 2 aromatic rings. The molecule has 0 saturated carbocycles. The lowest BCUT2D eigenvalue weighted by Gasteiger charge is -2.10. The van der Waals surface area contributed by atoms with E-state index in [1.165, 1.54) is 0 Å². The monoisotopic (exact) mass is 342 g/mol. The number of carbonyl (C=O) groups is 1. The first kappa shape index (κ1) is 17.0. The number of carbonyl (C=O) groups excluding carboxylic acids is 1. The average Bonchev–Trinajstić information content (AvgIpc) is 3.28. The number of para-hydroxylation sites is 1. The number of methoxy groups -OCH3 is 1. The summed E-state index contributed by atoms with van der Waals surface area (Å²) in [6.07, 6.45) is 2.43. The molecule has 0 radical (unpaired) electrons. The third-order valence-electron chi connectivity index (χ3n) is 4.15. The lowest BCUT2D eigenvalue weighted by Crippen LogP contribution is -2.35. The number of aryl methyl sites for hydroxylation is 2. The van der Waals surface area contributed by atoms with Crippen molar-refractivity contribution in [2.24, 2.45) is 5.16 Å². The summed E-state index contributed by atoms with van der Waals surface area (Å²) >= 11 is 0. The van der Waals surface area contributed by atoms with Crippen LogP contribution < -0.4 is 10.1 Å². The molecule has 1 aromatic carbocycles. The van der Waals surface area contributed by atoms with E-state index >= 15 is 0 Å². The van der Waals surface area contributed by atoms with Crippen LogP contribution >= 0.6 is 0 Å². The quantitative estimate of drug-likeness (QED) is 0.780. The van der Waals surface area contributed by atoms with E-state index in [1.54, 1.807) is 13.3 Å². The molecule has 132 valence electrons. The molecule has 7 heteroatoms. The first-order chi connectivity index (χ1) is 12.2. The molecule has 0 saturated heterocycles. The van der Waals surface area contributed by atoms with Crippen molar-refractivity contribution in [1.82, 2.24) is 15.1 Å². The summed E-state index contributed by atoms with van der Waals surface area (Å²) in [5.41, 5.74) is 2.69. The summed E-state index contributed by atoms with van der Waals surface area (Å²) in [7, 11) is 1.61. The second-order valence-electron chi connectivity index (χ2n) is 5.88. The van der Waals surface area contributed by atoms with Crippen LogP contribution in [0.25, 0.3) is 0 Å². The molecule has 1 amide bonds. The van der Waals surface area contributed by atoms with E-state index in [1.807, 2.05) is 41.9 Å². The molecule has 1 N–H and O–H groups in total. The Morgan fingerprint density at radius 3 is 3.00 bits per heavy atom. The molecule has 7 nitrogen and oxygen atoms in total. The largest absolute Gasteiger partial charge is 0.496 e. The van der Waals surface area contributed by atoms with Crippen LogP contribution in [-0.4, -0.2) is 41.2 Å². The maximum Gasteiger partial charge on any atom is 0.264 e. The number of nitrogens with zero attached hydrogens (tertiary/aromatic N) is 3. The lowest BCUT2D eigenvalue weighted by molar-refractivity contribution is -0.131. The van der Waals surface area contributed by atoms with Gasteiger partial charge in [-0.25, -0.2) is 0 Å². The van der Waals surface area contributed by atoms with Gasteiger partial charge >= 0.3 is 0 Å². The topological polar surface area (TPSA) is 77.7 Å². The van der Waals surface area contributed by atoms with Crippen LogP contribution in [0.2, 0.25) is 0 Å². The minimum absolute atomic E-state index is 0.147. The third kappa shape index (κ3) is 3.99. The zero-order valence-corrected chi connectivity index (χ0v) is 14.4. The molecule has 1 aromatic heterocycles. The van der Waals surface area contributed by atoms with Crippen LogP contribution in [0.15, 0.2) is 41.7 Å². The Kier molecular flexibility index (Phi) is 5.33. The molecular formula is C18H22N4O3. The molecule has 1 atom stereocenters. The van der Waals surface area contributed by atoms with Gasteiger partial charge in [-0.2, -0.15) is 5.10 Å². The van der Waals surface area contributed by atoms with E-state index in [0.717, 1.165) is 35.7 Å². The molecular weight excluding hydrogens is 320 g/mol. The van der Waals surface area contributed by atoms with Gasteiger partial charge in [0, 0.05) is 37.0 Å². The highest BCUT2D eigenvalue weighted by Gasteiger charge is 2.29. The zero-order valence-electron chi connectivity index (χ0n) is 14.4. The fraction of sp³-hybridized carbons (Fsp3) is 0.389.